The number of nitrogens with zero attached hydrogens (tertiary/aromatic N) is 6. The van der Waals surface area contributed by atoms with E-state index in [4.69, 9.17) is 11.5 Å². The van der Waals surface area contributed by atoms with Crippen LogP contribution in [0, 0.1) is 0 Å². The number of piperidine rings is 1. The zero-order chi connectivity index (χ0) is 22.4. The van der Waals surface area contributed by atoms with Gasteiger partial charge in [0.2, 0.25) is 0 Å². The van der Waals surface area contributed by atoms with Crippen molar-refractivity contribution in [1.29, 1.82) is 0 Å². The van der Waals surface area contributed by atoms with Gasteiger partial charge in [-0.1, -0.05) is 12.1 Å². The normalized spacial score (nSPS) is 16.6. The van der Waals surface area contributed by atoms with Crippen LogP contribution in [0.25, 0.3) is 22.3 Å². The maximum absolute atomic E-state index is 6.32. The van der Waals surface area contributed by atoms with Crippen LogP contribution in [0.4, 0.5) is 11.5 Å². The van der Waals surface area contributed by atoms with E-state index in [0.717, 1.165) is 54.7 Å². The average molecular weight is 439 g/mol. The zero-order valence-corrected chi connectivity index (χ0v) is 18.3. The molecule has 8 heteroatoms. The summed E-state index contributed by atoms with van der Waals surface area (Å²) in [7, 11) is 0. The van der Waals surface area contributed by atoms with Gasteiger partial charge in [0, 0.05) is 67.3 Å². The molecule has 1 aliphatic rings. The first-order valence-corrected chi connectivity index (χ1v) is 11.3. The van der Waals surface area contributed by atoms with Gasteiger partial charge < -0.3 is 16.4 Å². The van der Waals surface area contributed by atoms with Crippen molar-refractivity contribution >= 4 is 22.7 Å². The minimum atomic E-state index is 0.201. The monoisotopic (exact) mass is 438 g/mol. The number of fused-ring (bicyclic) bond motifs is 2. The van der Waals surface area contributed by atoms with Crippen molar-refractivity contribution in [2.45, 2.75) is 25.3 Å². The van der Waals surface area contributed by atoms with Gasteiger partial charge >= 0.3 is 0 Å². The fourth-order valence-corrected chi connectivity index (χ4v) is 4.90. The highest BCUT2D eigenvalue weighted by Crippen LogP contribution is 2.33. The second-order valence-electron chi connectivity index (χ2n) is 8.71. The molecular weight excluding hydrogens is 412 g/mol. The Labute approximate surface area is 191 Å². The van der Waals surface area contributed by atoms with Crippen molar-refractivity contribution in [2.75, 3.05) is 23.7 Å². The van der Waals surface area contributed by atoms with Crippen LogP contribution in [0.1, 0.15) is 24.1 Å². The Morgan fingerprint density at radius 2 is 2.00 bits per heavy atom. The van der Waals surface area contributed by atoms with Crippen molar-refractivity contribution in [1.82, 2.24) is 24.0 Å². The Morgan fingerprint density at radius 3 is 2.91 bits per heavy atom. The third kappa shape index (κ3) is 3.48. The number of nitrogens with two attached hydrogens (primary N) is 2. The molecule has 8 nitrogen and oxygen atoms in total. The summed E-state index contributed by atoms with van der Waals surface area (Å²) in [6.45, 7) is 1.88. The highest BCUT2D eigenvalue weighted by molar-refractivity contribution is 5.81. The second kappa shape index (κ2) is 7.90. The first kappa shape index (κ1) is 19.8. The van der Waals surface area contributed by atoms with Gasteiger partial charge in [0.15, 0.2) is 11.5 Å². The van der Waals surface area contributed by atoms with E-state index in [1.54, 1.807) is 6.20 Å². The maximum atomic E-state index is 6.32. The molecule has 33 heavy (non-hydrogen) atoms. The lowest BCUT2D eigenvalue weighted by molar-refractivity contribution is 0.505. The van der Waals surface area contributed by atoms with Gasteiger partial charge in [0.1, 0.15) is 0 Å². The summed E-state index contributed by atoms with van der Waals surface area (Å²) in [6.07, 6.45) is 12.3. The van der Waals surface area contributed by atoms with E-state index in [1.165, 1.54) is 11.3 Å². The molecular formula is C25H26N8. The summed E-state index contributed by atoms with van der Waals surface area (Å²) in [5.74, 6) is 0.436. The molecule has 4 N–H and O–H groups in total. The minimum Gasteiger partial charge on any atom is -0.381 e. The number of hydrogen-bond donors (Lipinski definition) is 2. The quantitative estimate of drug-likeness (QED) is 0.447. The highest BCUT2D eigenvalue weighted by Gasteiger charge is 2.21. The Morgan fingerprint density at radius 1 is 1.06 bits per heavy atom. The van der Waals surface area contributed by atoms with E-state index >= 15 is 0 Å². The Bertz CT molecular complexity index is 1450. The zero-order valence-electron chi connectivity index (χ0n) is 18.3. The van der Waals surface area contributed by atoms with Gasteiger partial charge in [-0.05, 0) is 48.2 Å². The Kier molecular flexibility index (Phi) is 4.73. The third-order valence-corrected chi connectivity index (χ3v) is 6.52. The standard InChI is InChI=1S/C25H26N8/c26-19-4-3-9-31(16-19)22-7-6-17(21-15-30-33-10-2-1-5-23(21)33)12-18(22)13-20-14-29-25-24(27)28-8-11-32(20)25/h1-2,5-8,10-12,14-15,19H,3-4,9,13,16,26H2,(H2,27,28)/t19-/m1/s1. The van der Waals surface area contributed by atoms with Crippen LogP contribution in [0.15, 0.2) is 67.4 Å². The summed E-state index contributed by atoms with van der Waals surface area (Å²) in [5, 5.41) is 4.53. The number of hydrogen-bond acceptors (Lipinski definition) is 6. The summed E-state index contributed by atoms with van der Waals surface area (Å²) in [5.41, 5.74) is 19.9. The molecule has 0 bridgehead atoms. The predicted octanol–water partition coefficient (Wildman–Crippen LogP) is 3.14. The van der Waals surface area contributed by atoms with Crippen molar-refractivity contribution in [3.63, 3.8) is 0 Å². The lowest BCUT2D eigenvalue weighted by Gasteiger charge is -2.34. The van der Waals surface area contributed by atoms with Crippen LogP contribution in [0.3, 0.4) is 0 Å². The molecule has 1 saturated heterocycles. The third-order valence-electron chi connectivity index (χ3n) is 6.52. The van der Waals surface area contributed by atoms with Crippen LogP contribution < -0.4 is 16.4 Å². The minimum absolute atomic E-state index is 0.201. The molecule has 4 aromatic heterocycles. The van der Waals surface area contributed by atoms with E-state index in [9.17, 15) is 0 Å². The molecule has 166 valence electrons. The van der Waals surface area contributed by atoms with Crippen LogP contribution in [0.2, 0.25) is 0 Å². The molecule has 0 spiro atoms. The van der Waals surface area contributed by atoms with Gasteiger partial charge in [-0.2, -0.15) is 5.10 Å². The summed E-state index contributed by atoms with van der Waals surface area (Å²) < 4.78 is 3.93. The summed E-state index contributed by atoms with van der Waals surface area (Å²) in [4.78, 5) is 11.1. The molecule has 1 fully saturated rings. The number of rotatable bonds is 4. The van der Waals surface area contributed by atoms with Gasteiger partial charge in [-0.15, -0.1) is 0 Å². The lowest BCUT2D eigenvalue weighted by atomic mass is 9.97. The molecule has 0 unspecified atom stereocenters. The first-order valence-electron chi connectivity index (χ1n) is 11.3. The molecule has 6 rings (SSSR count). The van der Waals surface area contributed by atoms with E-state index in [1.807, 2.05) is 45.8 Å². The molecule has 0 radical (unpaired) electrons. The van der Waals surface area contributed by atoms with Gasteiger partial charge in [0.25, 0.3) is 0 Å². The topological polar surface area (TPSA) is 103 Å². The molecule has 1 atom stereocenters. The van der Waals surface area contributed by atoms with Gasteiger partial charge in [0.05, 0.1) is 11.7 Å². The van der Waals surface area contributed by atoms with E-state index in [0.29, 0.717) is 11.5 Å². The van der Waals surface area contributed by atoms with E-state index in [2.05, 4.69) is 44.2 Å². The lowest BCUT2D eigenvalue weighted by Crippen LogP contribution is -2.43. The van der Waals surface area contributed by atoms with Crippen molar-refractivity contribution in [3.05, 3.63) is 78.6 Å². The van der Waals surface area contributed by atoms with Crippen molar-refractivity contribution in [3.8, 4) is 11.1 Å². The number of aromatic nitrogens is 5. The number of nitrogen functional groups attached to an aromatic ring is 1. The van der Waals surface area contributed by atoms with E-state index in [-0.39, 0.29) is 6.04 Å². The molecule has 0 aliphatic carbocycles. The number of anilines is 2. The number of pyridine rings is 1. The van der Waals surface area contributed by atoms with Crippen molar-refractivity contribution < 1.29 is 0 Å². The predicted molar refractivity (Wildman–Crippen MR) is 130 cm³/mol. The smallest absolute Gasteiger partial charge is 0.180 e. The number of imidazole rings is 1. The van der Waals surface area contributed by atoms with Crippen molar-refractivity contribution in [2.24, 2.45) is 5.73 Å². The van der Waals surface area contributed by atoms with Gasteiger partial charge in [-0.25, -0.2) is 14.5 Å². The average Bonchev–Trinajstić information content (AvgIpc) is 3.44. The fourth-order valence-electron chi connectivity index (χ4n) is 4.90. The number of benzene rings is 1. The molecule has 0 amide bonds. The molecule has 1 aliphatic heterocycles. The van der Waals surface area contributed by atoms with Crippen LogP contribution >= 0.6 is 0 Å². The van der Waals surface area contributed by atoms with Crippen LogP contribution in [-0.4, -0.2) is 43.1 Å². The van der Waals surface area contributed by atoms with E-state index < -0.39 is 0 Å². The van der Waals surface area contributed by atoms with Gasteiger partial charge in [-0.3, -0.25) is 4.40 Å². The maximum Gasteiger partial charge on any atom is 0.180 e. The first-order chi connectivity index (χ1) is 16.2. The van der Waals surface area contributed by atoms with Crippen LogP contribution in [-0.2, 0) is 6.42 Å². The summed E-state index contributed by atoms with van der Waals surface area (Å²) in [6, 6.07) is 13.0. The highest BCUT2D eigenvalue weighted by atomic mass is 15.2. The summed E-state index contributed by atoms with van der Waals surface area (Å²) >= 11 is 0. The Balaban J connectivity index is 1.47. The SMILES string of the molecule is Nc1nccn2c(Cc3cc(-c4cnn5ccccc45)ccc3N3CCC[C@@H](N)C3)cnc12. The molecule has 1 aromatic carbocycles. The molecule has 5 aromatic rings. The largest absolute Gasteiger partial charge is 0.381 e. The molecule has 0 saturated carbocycles. The second-order valence-corrected chi connectivity index (χ2v) is 8.71. The van der Waals surface area contributed by atoms with Crippen LogP contribution in [0.5, 0.6) is 0 Å². The fraction of sp³-hybridized carbons (Fsp3) is 0.240. The molecule has 5 heterocycles. The Hall–Kier alpha value is -3.91.